The molecule has 0 bridgehead atoms. The molecule has 2 aromatic heterocycles. The summed E-state index contributed by atoms with van der Waals surface area (Å²) in [5.74, 6) is -1.64. The molecule has 204 valence electrons. The molecule has 0 fully saturated rings. The number of aryl methyl sites for hydroxylation is 1. The number of rotatable bonds is 6. The van der Waals surface area contributed by atoms with Gasteiger partial charge in [0.05, 0.1) is 33.3 Å². The van der Waals surface area contributed by atoms with Crippen LogP contribution in [0, 0.1) is 14.8 Å². The van der Waals surface area contributed by atoms with E-state index in [4.69, 9.17) is 51.4 Å². The Morgan fingerprint density at radius 2 is 1.26 bits per heavy atom. The lowest BCUT2D eigenvalue weighted by molar-refractivity contribution is -0.137. The molecule has 0 aliphatic carbocycles. The van der Waals surface area contributed by atoms with Gasteiger partial charge in [-0.3, -0.25) is 9.59 Å². The quantitative estimate of drug-likeness (QED) is 0.126. The minimum Gasteiger partial charge on any atom is -0.481 e. The molecule has 5 rings (SSSR count). The van der Waals surface area contributed by atoms with Gasteiger partial charge in [-0.25, -0.2) is 0 Å². The Hall–Kier alpha value is -2.93. The molecule has 0 saturated heterocycles. The summed E-state index contributed by atoms with van der Waals surface area (Å²) in [6, 6.07) is 16.9. The van der Waals surface area contributed by atoms with E-state index in [-0.39, 0.29) is 19.4 Å². The van der Waals surface area contributed by atoms with Gasteiger partial charge in [0.25, 0.3) is 0 Å². The number of benzene rings is 3. The minimum atomic E-state index is -0.822. The fourth-order valence-electron chi connectivity index (χ4n) is 3.56. The average Bonchev–Trinajstić information content (AvgIpc) is 3.41. The van der Waals surface area contributed by atoms with Crippen LogP contribution in [0.2, 0.25) is 5.02 Å². The van der Waals surface area contributed by atoms with Gasteiger partial charge in [0, 0.05) is 11.6 Å². The van der Waals surface area contributed by atoms with Crippen molar-refractivity contribution in [1.29, 1.82) is 0 Å². The predicted octanol–water partition coefficient (Wildman–Crippen LogP) is 7.36. The third-order valence-corrected chi connectivity index (χ3v) is 8.16. The first-order valence-corrected chi connectivity index (χ1v) is 14.4. The highest BCUT2D eigenvalue weighted by molar-refractivity contribution is 7.74. The van der Waals surface area contributed by atoms with Gasteiger partial charge in [-0.05, 0) is 90.4 Å². The van der Waals surface area contributed by atoms with Crippen molar-refractivity contribution in [2.75, 3.05) is 6.61 Å². The van der Waals surface area contributed by atoms with Crippen LogP contribution in [0.4, 0.5) is 0 Å². The minimum absolute atomic E-state index is 0.0480. The van der Waals surface area contributed by atoms with Gasteiger partial charge in [0.2, 0.25) is 0 Å². The van der Waals surface area contributed by atoms with Crippen molar-refractivity contribution in [2.45, 2.75) is 26.2 Å². The summed E-state index contributed by atoms with van der Waals surface area (Å²) in [5, 5.41) is 26.5. The Balaban J connectivity index is 0.000000162. The smallest absolute Gasteiger partial charge is 0.307 e. The number of carbonyl (C=O) groups is 2. The second-order valence-corrected chi connectivity index (χ2v) is 12.2. The largest absolute Gasteiger partial charge is 0.481 e. The van der Waals surface area contributed by atoms with Crippen molar-refractivity contribution in [2.24, 2.45) is 0 Å². The number of thiazole rings is 2. The van der Waals surface area contributed by atoms with Crippen LogP contribution in [0.15, 0.2) is 54.6 Å². The zero-order chi connectivity index (χ0) is 28.5. The first kappa shape index (κ1) is 30.6. The van der Waals surface area contributed by atoms with E-state index >= 15 is 0 Å². The zero-order valence-corrected chi connectivity index (χ0v) is 24.7. The number of carboxylic acid groups (broad SMARTS) is 2. The standard InChI is InChI=1S/C9H9ClO2.C9H7NO2S2.C9H9NOS2/c1-6-4-7(5-9(11)12)2-3-8(6)10;11-8(12)4-5-1-2-7-6(3-5)10-9(13)14-7;11-4-3-6-1-2-8-7(5-6)10-9(12)13-8/h2-4H,5H2,1H3,(H,11,12);1-3H,4H2,(H,10,13)(H,11,12);1-2,5,11H,3-4H2,(H,10,12). The normalized spacial score (nSPS) is 10.4. The number of carboxylic acids is 2. The van der Waals surface area contributed by atoms with Crippen molar-refractivity contribution < 1.29 is 24.9 Å². The number of aliphatic carboxylic acids is 2. The zero-order valence-electron chi connectivity index (χ0n) is 20.7. The molecular formula is C27H25ClN2O5S4. The van der Waals surface area contributed by atoms with Crippen LogP contribution >= 0.6 is 58.7 Å². The molecule has 0 saturated carbocycles. The number of aliphatic hydroxyl groups is 1. The number of aromatic amines is 2. The van der Waals surface area contributed by atoms with Crippen molar-refractivity contribution in [3.8, 4) is 0 Å². The van der Waals surface area contributed by atoms with Gasteiger partial charge in [-0.2, -0.15) is 0 Å². The van der Waals surface area contributed by atoms with Gasteiger partial charge in [0.1, 0.15) is 0 Å². The molecule has 0 spiro atoms. The fraction of sp³-hybridized carbons (Fsp3) is 0.185. The fourth-order valence-corrected chi connectivity index (χ4v) is 5.87. The first-order valence-electron chi connectivity index (χ1n) is 11.6. The monoisotopic (exact) mass is 620 g/mol. The van der Waals surface area contributed by atoms with Crippen LogP contribution in [0.3, 0.4) is 0 Å². The van der Waals surface area contributed by atoms with E-state index < -0.39 is 11.9 Å². The highest BCUT2D eigenvalue weighted by Crippen LogP contribution is 2.21. The van der Waals surface area contributed by atoms with E-state index in [2.05, 4.69) is 9.97 Å². The van der Waals surface area contributed by atoms with Crippen LogP contribution in [-0.4, -0.2) is 43.8 Å². The maximum atomic E-state index is 10.5. The third kappa shape index (κ3) is 9.64. The molecule has 0 aliphatic heterocycles. The molecule has 0 unspecified atom stereocenters. The van der Waals surface area contributed by atoms with Crippen LogP contribution in [0.25, 0.3) is 20.4 Å². The summed E-state index contributed by atoms with van der Waals surface area (Å²) < 4.78 is 3.75. The van der Waals surface area contributed by atoms with E-state index in [0.717, 1.165) is 41.9 Å². The number of fused-ring (bicyclic) bond motifs is 2. The molecule has 7 nitrogen and oxygen atoms in total. The number of hydrogen-bond acceptors (Lipinski definition) is 7. The Morgan fingerprint density at radius 3 is 1.74 bits per heavy atom. The molecule has 3 aromatic carbocycles. The molecule has 12 heteroatoms. The Morgan fingerprint density at radius 1 is 0.795 bits per heavy atom. The number of aliphatic hydroxyl groups excluding tert-OH is 1. The maximum Gasteiger partial charge on any atom is 0.307 e. The van der Waals surface area contributed by atoms with E-state index in [1.54, 1.807) is 29.5 Å². The summed E-state index contributed by atoms with van der Waals surface area (Å²) in [6.45, 7) is 2.05. The summed E-state index contributed by atoms with van der Waals surface area (Å²) >= 11 is 18.9. The number of hydrogen-bond donors (Lipinski definition) is 5. The number of halogens is 1. The van der Waals surface area contributed by atoms with Crippen LogP contribution in [0.1, 0.15) is 22.3 Å². The summed E-state index contributed by atoms with van der Waals surface area (Å²) in [6.07, 6.45) is 0.802. The van der Waals surface area contributed by atoms with Crippen molar-refractivity contribution >= 4 is 91.1 Å². The van der Waals surface area contributed by atoms with Crippen LogP contribution in [-0.2, 0) is 28.9 Å². The van der Waals surface area contributed by atoms with E-state index in [0.29, 0.717) is 15.4 Å². The third-order valence-electron chi connectivity index (χ3n) is 5.30. The Labute approximate surface area is 247 Å². The SMILES string of the molecule is Cc1cc(CC(=O)O)ccc1Cl.O=C(O)Cc1ccc2sc(=S)[nH]c2c1.OCCc1ccc2sc(=S)[nH]c2c1. The lowest BCUT2D eigenvalue weighted by Gasteiger charge is -2.00. The second-order valence-electron chi connectivity index (χ2n) is 8.39. The highest BCUT2D eigenvalue weighted by atomic mass is 35.5. The van der Waals surface area contributed by atoms with Gasteiger partial charge < -0.3 is 25.3 Å². The van der Waals surface area contributed by atoms with Crippen LogP contribution in [0.5, 0.6) is 0 Å². The number of H-pyrrole nitrogens is 2. The van der Waals surface area contributed by atoms with Crippen molar-refractivity contribution in [1.82, 2.24) is 9.97 Å². The molecule has 2 heterocycles. The Kier molecular flexibility index (Phi) is 11.3. The Bertz CT molecular complexity index is 1720. The van der Waals surface area contributed by atoms with E-state index in [1.165, 1.54) is 16.0 Å². The first-order chi connectivity index (χ1) is 18.5. The van der Waals surface area contributed by atoms with Crippen molar-refractivity contribution in [3.05, 3.63) is 89.8 Å². The molecule has 39 heavy (non-hydrogen) atoms. The average molecular weight is 621 g/mol. The van der Waals surface area contributed by atoms with Gasteiger partial charge >= 0.3 is 11.9 Å². The topological polar surface area (TPSA) is 126 Å². The molecule has 5 N–H and O–H groups in total. The molecule has 0 aliphatic rings. The second kappa shape index (κ2) is 14.5. The van der Waals surface area contributed by atoms with Gasteiger partial charge in [-0.15, -0.1) is 22.7 Å². The lowest BCUT2D eigenvalue weighted by atomic mass is 10.1. The van der Waals surface area contributed by atoms with Gasteiger partial charge in [0.15, 0.2) is 7.91 Å². The van der Waals surface area contributed by atoms with Crippen molar-refractivity contribution in [3.63, 3.8) is 0 Å². The lowest BCUT2D eigenvalue weighted by Crippen LogP contribution is -1.99. The summed E-state index contributed by atoms with van der Waals surface area (Å²) in [4.78, 5) is 26.9. The molecule has 5 aromatic rings. The van der Waals surface area contributed by atoms with Crippen LogP contribution < -0.4 is 0 Å². The molecule has 0 radical (unpaired) electrons. The van der Waals surface area contributed by atoms with E-state index in [9.17, 15) is 9.59 Å². The molecule has 0 amide bonds. The predicted molar refractivity (Wildman–Crippen MR) is 164 cm³/mol. The molecular weight excluding hydrogens is 596 g/mol. The number of aromatic nitrogens is 2. The summed E-state index contributed by atoms with van der Waals surface area (Å²) in [5.41, 5.74) is 5.60. The highest BCUT2D eigenvalue weighted by Gasteiger charge is 2.03. The van der Waals surface area contributed by atoms with E-state index in [1.807, 2.05) is 43.3 Å². The summed E-state index contributed by atoms with van der Waals surface area (Å²) in [7, 11) is 0. The van der Waals surface area contributed by atoms with Gasteiger partial charge in [-0.1, -0.05) is 35.9 Å². The maximum absolute atomic E-state index is 10.5. The molecule has 0 atom stereocenters. The number of nitrogens with one attached hydrogen (secondary N) is 2.